The van der Waals surface area contributed by atoms with Gasteiger partial charge in [0.25, 0.3) is 5.91 Å². The Bertz CT molecular complexity index is 1180. The quantitative estimate of drug-likeness (QED) is 0.389. The Kier molecular flexibility index (Phi) is 7.95. The molecule has 7 heteroatoms. The number of hydrogen-bond donors (Lipinski definition) is 1. The normalized spacial score (nSPS) is 12.2. The average molecular weight is 562 g/mol. The highest BCUT2D eigenvalue weighted by atomic mass is 127. The standard InChI is InChI=1S/C25H27IN2O3S/c1-18-15-23(26)13-14-24(18)28(32(3,30)31)17-20-9-11-22(12-10-20)25(29)27-16-19(2)21-7-5-4-6-8-21/h4-15,19H,16-17H2,1-3H3,(H,27,29)/t19-/m0/s1. The van der Waals surface area contributed by atoms with Gasteiger partial charge in [-0.05, 0) is 82.5 Å². The fourth-order valence-electron chi connectivity index (χ4n) is 3.45. The van der Waals surface area contributed by atoms with Crippen LogP contribution in [0.15, 0.2) is 72.8 Å². The lowest BCUT2D eigenvalue weighted by Crippen LogP contribution is -2.30. The molecule has 0 unspecified atom stereocenters. The third-order valence-electron chi connectivity index (χ3n) is 5.31. The van der Waals surface area contributed by atoms with Crippen molar-refractivity contribution < 1.29 is 13.2 Å². The van der Waals surface area contributed by atoms with E-state index in [1.165, 1.54) is 16.1 Å². The number of rotatable bonds is 8. The third-order valence-corrected chi connectivity index (χ3v) is 7.11. The Labute approximate surface area is 204 Å². The lowest BCUT2D eigenvalue weighted by molar-refractivity contribution is 0.0951. The zero-order valence-corrected chi connectivity index (χ0v) is 21.4. The minimum absolute atomic E-state index is 0.146. The Morgan fingerprint density at radius 3 is 2.28 bits per heavy atom. The smallest absolute Gasteiger partial charge is 0.251 e. The zero-order chi connectivity index (χ0) is 23.3. The van der Waals surface area contributed by atoms with Crippen molar-refractivity contribution >= 4 is 44.2 Å². The number of benzene rings is 3. The summed E-state index contributed by atoms with van der Waals surface area (Å²) in [6, 6.07) is 22.8. The number of halogens is 1. The number of carbonyl (C=O) groups excluding carboxylic acids is 1. The van der Waals surface area contributed by atoms with Gasteiger partial charge in [0.1, 0.15) is 0 Å². The predicted octanol–water partition coefficient (Wildman–Crippen LogP) is 5.10. The molecule has 3 rings (SSSR count). The molecule has 1 amide bonds. The van der Waals surface area contributed by atoms with Crippen LogP contribution in [0.3, 0.4) is 0 Å². The molecule has 3 aromatic rings. The molecule has 0 aromatic heterocycles. The molecular weight excluding hydrogens is 535 g/mol. The molecule has 1 N–H and O–H groups in total. The summed E-state index contributed by atoms with van der Waals surface area (Å²) in [6.45, 7) is 4.72. The summed E-state index contributed by atoms with van der Waals surface area (Å²) >= 11 is 2.21. The average Bonchev–Trinajstić information content (AvgIpc) is 2.76. The van der Waals surface area contributed by atoms with E-state index in [1.807, 2.05) is 43.3 Å². The molecular formula is C25H27IN2O3S. The lowest BCUT2D eigenvalue weighted by Gasteiger charge is -2.24. The SMILES string of the molecule is Cc1cc(I)ccc1N(Cc1ccc(C(=O)NC[C@H](C)c2ccccc2)cc1)S(C)(=O)=O. The molecule has 0 fully saturated rings. The van der Waals surface area contributed by atoms with Gasteiger partial charge in [-0.3, -0.25) is 9.10 Å². The van der Waals surface area contributed by atoms with Crippen molar-refractivity contribution in [2.45, 2.75) is 26.3 Å². The molecule has 0 radical (unpaired) electrons. The van der Waals surface area contributed by atoms with Crippen molar-refractivity contribution in [1.29, 1.82) is 0 Å². The highest BCUT2D eigenvalue weighted by molar-refractivity contribution is 14.1. The van der Waals surface area contributed by atoms with Crippen LogP contribution in [0.5, 0.6) is 0 Å². The first-order valence-corrected chi connectivity index (χ1v) is 13.2. The first-order chi connectivity index (χ1) is 15.1. The number of nitrogens with one attached hydrogen (secondary N) is 1. The largest absolute Gasteiger partial charge is 0.351 e. The van der Waals surface area contributed by atoms with E-state index in [0.717, 1.165) is 14.7 Å². The molecule has 1 atom stereocenters. The molecule has 0 heterocycles. The molecule has 168 valence electrons. The second-order valence-electron chi connectivity index (χ2n) is 7.92. The van der Waals surface area contributed by atoms with Crippen molar-refractivity contribution in [1.82, 2.24) is 5.32 Å². The maximum Gasteiger partial charge on any atom is 0.251 e. The van der Waals surface area contributed by atoms with Gasteiger partial charge in [-0.2, -0.15) is 0 Å². The van der Waals surface area contributed by atoms with Gasteiger partial charge in [-0.25, -0.2) is 8.42 Å². The Morgan fingerprint density at radius 2 is 1.69 bits per heavy atom. The molecule has 0 saturated carbocycles. The van der Waals surface area contributed by atoms with Crippen LogP contribution in [0.2, 0.25) is 0 Å². The molecule has 0 bridgehead atoms. The first kappa shape index (κ1) is 24.3. The summed E-state index contributed by atoms with van der Waals surface area (Å²) in [5.74, 6) is 0.0627. The highest BCUT2D eigenvalue weighted by Gasteiger charge is 2.20. The molecule has 0 spiro atoms. The van der Waals surface area contributed by atoms with E-state index in [1.54, 1.807) is 24.3 Å². The van der Waals surface area contributed by atoms with Crippen molar-refractivity contribution in [2.75, 3.05) is 17.1 Å². The number of aryl methyl sites for hydroxylation is 1. The van der Waals surface area contributed by atoms with Gasteiger partial charge >= 0.3 is 0 Å². The fraction of sp³-hybridized carbons (Fsp3) is 0.240. The van der Waals surface area contributed by atoms with Gasteiger partial charge < -0.3 is 5.32 Å². The van der Waals surface area contributed by atoms with E-state index in [-0.39, 0.29) is 18.4 Å². The summed E-state index contributed by atoms with van der Waals surface area (Å²) < 4.78 is 27.4. The molecule has 0 aliphatic heterocycles. The summed E-state index contributed by atoms with van der Waals surface area (Å²) in [5.41, 5.74) is 4.08. The van der Waals surface area contributed by atoms with Crippen LogP contribution in [0.4, 0.5) is 5.69 Å². The fourth-order valence-corrected chi connectivity index (χ4v) is 5.05. The second-order valence-corrected chi connectivity index (χ2v) is 11.1. The van der Waals surface area contributed by atoms with Crippen molar-refractivity contribution in [3.05, 3.63) is 98.6 Å². The van der Waals surface area contributed by atoms with E-state index in [0.29, 0.717) is 17.8 Å². The molecule has 0 aliphatic rings. The van der Waals surface area contributed by atoms with E-state index >= 15 is 0 Å². The Morgan fingerprint density at radius 1 is 1.03 bits per heavy atom. The first-order valence-electron chi connectivity index (χ1n) is 10.3. The minimum Gasteiger partial charge on any atom is -0.351 e. The molecule has 0 saturated heterocycles. The van der Waals surface area contributed by atoms with Crippen molar-refractivity contribution in [2.24, 2.45) is 0 Å². The van der Waals surface area contributed by atoms with E-state index in [4.69, 9.17) is 0 Å². The Hall–Kier alpha value is -2.39. The van der Waals surface area contributed by atoms with Crippen LogP contribution in [-0.4, -0.2) is 27.1 Å². The monoisotopic (exact) mass is 562 g/mol. The topological polar surface area (TPSA) is 66.5 Å². The Balaban J connectivity index is 1.69. The van der Waals surface area contributed by atoms with Crippen LogP contribution in [-0.2, 0) is 16.6 Å². The van der Waals surface area contributed by atoms with Gasteiger partial charge in [0.2, 0.25) is 10.0 Å². The van der Waals surface area contributed by atoms with Crippen LogP contribution in [0.25, 0.3) is 0 Å². The molecule has 0 aliphatic carbocycles. The van der Waals surface area contributed by atoms with Gasteiger partial charge in [0.15, 0.2) is 0 Å². The van der Waals surface area contributed by atoms with Crippen molar-refractivity contribution in [3.63, 3.8) is 0 Å². The second kappa shape index (κ2) is 10.5. The minimum atomic E-state index is -3.47. The van der Waals surface area contributed by atoms with Gasteiger partial charge in [0.05, 0.1) is 18.5 Å². The van der Waals surface area contributed by atoms with Crippen LogP contribution in [0.1, 0.15) is 39.9 Å². The van der Waals surface area contributed by atoms with Crippen LogP contribution < -0.4 is 9.62 Å². The lowest BCUT2D eigenvalue weighted by atomic mass is 10.0. The number of nitrogens with zero attached hydrogens (tertiary/aromatic N) is 1. The summed E-state index contributed by atoms with van der Waals surface area (Å²) in [4.78, 5) is 12.6. The number of anilines is 1. The van der Waals surface area contributed by atoms with E-state index in [9.17, 15) is 13.2 Å². The molecule has 3 aromatic carbocycles. The van der Waals surface area contributed by atoms with Crippen LogP contribution in [0, 0.1) is 10.5 Å². The van der Waals surface area contributed by atoms with Gasteiger partial charge in [-0.1, -0.05) is 49.4 Å². The molecule has 32 heavy (non-hydrogen) atoms. The van der Waals surface area contributed by atoms with Crippen LogP contribution >= 0.6 is 22.6 Å². The zero-order valence-electron chi connectivity index (χ0n) is 18.4. The summed E-state index contributed by atoms with van der Waals surface area (Å²) in [7, 11) is -3.47. The number of carbonyl (C=O) groups is 1. The maximum absolute atomic E-state index is 12.6. The van der Waals surface area contributed by atoms with E-state index in [2.05, 4.69) is 47.0 Å². The van der Waals surface area contributed by atoms with E-state index < -0.39 is 10.0 Å². The number of sulfonamides is 1. The van der Waals surface area contributed by atoms with Gasteiger partial charge in [-0.15, -0.1) is 0 Å². The van der Waals surface area contributed by atoms with Crippen molar-refractivity contribution in [3.8, 4) is 0 Å². The number of amides is 1. The summed E-state index contributed by atoms with van der Waals surface area (Å²) in [5, 5.41) is 2.97. The van der Waals surface area contributed by atoms with Gasteiger partial charge in [0, 0.05) is 15.7 Å². The predicted molar refractivity (Wildman–Crippen MR) is 139 cm³/mol. The number of hydrogen-bond acceptors (Lipinski definition) is 3. The third kappa shape index (κ3) is 6.32. The maximum atomic E-state index is 12.6. The summed E-state index contributed by atoms with van der Waals surface area (Å²) in [6.07, 6.45) is 1.21. The highest BCUT2D eigenvalue weighted by Crippen LogP contribution is 2.26. The molecule has 5 nitrogen and oxygen atoms in total.